The van der Waals surface area contributed by atoms with Gasteiger partial charge in [0.1, 0.15) is 5.82 Å². The Morgan fingerprint density at radius 3 is 2.57 bits per heavy atom. The van der Waals surface area contributed by atoms with Crippen LogP contribution in [0.2, 0.25) is 0 Å². The number of anilines is 1. The zero-order valence-electron chi connectivity index (χ0n) is 16.6. The minimum atomic E-state index is 0.820. The number of rotatable bonds is 7. The maximum atomic E-state index is 4.35. The predicted octanol–water partition coefficient (Wildman–Crippen LogP) is 4.93. The van der Waals surface area contributed by atoms with E-state index >= 15 is 0 Å². The molecule has 4 rings (SSSR count). The van der Waals surface area contributed by atoms with Crippen molar-refractivity contribution in [3.63, 3.8) is 0 Å². The number of nitrogens with zero attached hydrogens (tertiary/aromatic N) is 3. The van der Waals surface area contributed by atoms with Gasteiger partial charge in [0, 0.05) is 18.7 Å². The quantitative estimate of drug-likeness (QED) is 0.746. The molecule has 146 valence electrons. The van der Waals surface area contributed by atoms with Crippen LogP contribution in [0.1, 0.15) is 32.1 Å². The molecule has 1 saturated heterocycles. The highest BCUT2D eigenvalue weighted by molar-refractivity contribution is 5.59. The van der Waals surface area contributed by atoms with Crippen molar-refractivity contribution in [3.8, 4) is 11.3 Å². The van der Waals surface area contributed by atoms with Crippen LogP contribution >= 0.6 is 0 Å². The first kappa shape index (κ1) is 18.9. The summed E-state index contributed by atoms with van der Waals surface area (Å²) in [5, 5.41) is 12.1. The van der Waals surface area contributed by atoms with Gasteiger partial charge >= 0.3 is 0 Å². The Kier molecular flexibility index (Phi) is 6.51. The zero-order valence-corrected chi connectivity index (χ0v) is 16.6. The molecule has 2 aliphatic rings. The molecule has 1 aromatic carbocycles. The summed E-state index contributed by atoms with van der Waals surface area (Å²) in [5.74, 6) is 1.69. The van der Waals surface area contributed by atoms with E-state index in [1.165, 1.54) is 51.7 Å². The molecule has 2 heterocycles. The van der Waals surface area contributed by atoms with Crippen molar-refractivity contribution in [1.82, 2.24) is 15.1 Å². The summed E-state index contributed by atoms with van der Waals surface area (Å²) in [6.45, 7) is 4.60. The zero-order chi connectivity index (χ0) is 19.0. The maximum Gasteiger partial charge on any atom is 0.148 e. The van der Waals surface area contributed by atoms with E-state index in [0.717, 1.165) is 29.5 Å². The molecule has 1 fully saturated rings. The van der Waals surface area contributed by atoms with Crippen LogP contribution in [0.25, 0.3) is 11.3 Å². The van der Waals surface area contributed by atoms with Gasteiger partial charge in [-0.2, -0.15) is 0 Å². The largest absolute Gasteiger partial charge is 0.369 e. The second-order valence-corrected chi connectivity index (χ2v) is 7.90. The molecule has 1 aromatic heterocycles. The molecule has 1 N–H and O–H groups in total. The highest BCUT2D eigenvalue weighted by Crippen LogP contribution is 2.23. The van der Waals surface area contributed by atoms with E-state index in [0.29, 0.717) is 0 Å². The first-order valence-electron chi connectivity index (χ1n) is 10.6. The van der Waals surface area contributed by atoms with Crippen LogP contribution in [0.4, 0.5) is 5.82 Å². The Morgan fingerprint density at radius 1 is 1.00 bits per heavy atom. The van der Waals surface area contributed by atoms with E-state index in [-0.39, 0.29) is 0 Å². The average Bonchev–Trinajstić information content (AvgIpc) is 2.77. The third kappa shape index (κ3) is 5.29. The van der Waals surface area contributed by atoms with Gasteiger partial charge in [0.05, 0.1) is 5.69 Å². The number of hydrogen-bond acceptors (Lipinski definition) is 4. The van der Waals surface area contributed by atoms with Crippen LogP contribution < -0.4 is 5.32 Å². The first-order valence-corrected chi connectivity index (χ1v) is 10.6. The summed E-state index contributed by atoms with van der Waals surface area (Å²) in [4.78, 5) is 2.63. The lowest BCUT2D eigenvalue weighted by Gasteiger charge is -2.32. The summed E-state index contributed by atoms with van der Waals surface area (Å²) in [7, 11) is 0. The number of piperidine rings is 1. The minimum Gasteiger partial charge on any atom is -0.369 e. The van der Waals surface area contributed by atoms with E-state index in [4.69, 9.17) is 0 Å². The number of aromatic nitrogens is 2. The molecule has 2 aromatic rings. The van der Waals surface area contributed by atoms with Crippen molar-refractivity contribution in [3.05, 3.63) is 66.3 Å². The first-order chi connectivity index (χ1) is 13.9. The maximum absolute atomic E-state index is 4.35. The van der Waals surface area contributed by atoms with E-state index in [9.17, 15) is 0 Å². The Labute approximate surface area is 168 Å². The van der Waals surface area contributed by atoms with Crippen LogP contribution in [0, 0.1) is 5.92 Å². The van der Waals surface area contributed by atoms with E-state index in [1.807, 2.05) is 30.3 Å². The van der Waals surface area contributed by atoms with Crippen molar-refractivity contribution < 1.29 is 0 Å². The number of likely N-dealkylation sites (tertiary alicyclic amines) is 1. The van der Waals surface area contributed by atoms with Gasteiger partial charge in [-0.1, -0.05) is 54.1 Å². The van der Waals surface area contributed by atoms with Crippen LogP contribution in [0.3, 0.4) is 0 Å². The smallest absolute Gasteiger partial charge is 0.148 e. The number of hydrogen-bond donors (Lipinski definition) is 1. The standard InChI is InChI=1S/C24H30N4/c1-3-7-21(8-4-1)19-28-17-14-20(15-18-28)13-16-25-24-12-11-23(26-27-24)22-9-5-2-6-10-22/h1-3,5-7,9-12,20H,4,8,13-19H2,(H,25,27). The Hall–Kier alpha value is -2.46. The van der Waals surface area contributed by atoms with E-state index in [1.54, 1.807) is 5.57 Å². The molecular formula is C24H30N4. The average molecular weight is 375 g/mol. The predicted molar refractivity (Wildman–Crippen MR) is 116 cm³/mol. The highest BCUT2D eigenvalue weighted by Gasteiger charge is 2.19. The topological polar surface area (TPSA) is 41.0 Å². The van der Waals surface area contributed by atoms with Crippen molar-refractivity contribution >= 4 is 5.82 Å². The summed E-state index contributed by atoms with van der Waals surface area (Å²) >= 11 is 0. The van der Waals surface area contributed by atoms with Crippen LogP contribution in [0.5, 0.6) is 0 Å². The molecule has 1 aliphatic heterocycles. The molecule has 0 unspecified atom stereocenters. The Morgan fingerprint density at radius 2 is 1.86 bits per heavy atom. The summed E-state index contributed by atoms with van der Waals surface area (Å²) in [6.07, 6.45) is 13.1. The molecule has 4 nitrogen and oxygen atoms in total. The third-order valence-electron chi connectivity index (χ3n) is 5.83. The van der Waals surface area contributed by atoms with Gasteiger partial charge in [-0.15, -0.1) is 10.2 Å². The number of nitrogens with one attached hydrogen (secondary N) is 1. The summed E-state index contributed by atoms with van der Waals surface area (Å²) in [5.41, 5.74) is 3.62. The van der Waals surface area contributed by atoms with Gasteiger partial charge < -0.3 is 5.32 Å². The van der Waals surface area contributed by atoms with Gasteiger partial charge in [-0.25, -0.2) is 0 Å². The van der Waals surface area contributed by atoms with Gasteiger partial charge in [-0.05, 0) is 63.2 Å². The Balaban J connectivity index is 1.17. The molecule has 0 spiro atoms. The van der Waals surface area contributed by atoms with E-state index in [2.05, 4.69) is 50.8 Å². The second kappa shape index (κ2) is 9.65. The van der Waals surface area contributed by atoms with Gasteiger partial charge in [0.15, 0.2) is 0 Å². The lowest BCUT2D eigenvalue weighted by atomic mass is 9.93. The molecule has 0 bridgehead atoms. The minimum absolute atomic E-state index is 0.820. The highest BCUT2D eigenvalue weighted by atomic mass is 15.2. The van der Waals surface area contributed by atoms with Gasteiger partial charge in [0.25, 0.3) is 0 Å². The fourth-order valence-electron chi connectivity index (χ4n) is 4.10. The van der Waals surface area contributed by atoms with Gasteiger partial charge in [-0.3, -0.25) is 4.90 Å². The van der Waals surface area contributed by atoms with Crippen LogP contribution in [0.15, 0.2) is 66.3 Å². The van der Waals surface area contributed by atoms with Crippen molar-refractivity contribution in [2.45, 2.75) is 32.1 Å². The fourth-order valence-corrected chi connectivity index (χ4v) is 4.10. The van der Waals surface area contributed by atoms with Gasteiger partial charge in [0.2, 0.25) is 0 Å². The van der Waals surface area contributed by atoms with Crippen molar-refractivity contribution in [2.75, 3.05) is 31.5 Å². The molecule has 0 saturated carbocycles. The molecule has 0 atom stereocenters. The van der Waals surface area contributed by atoms with Crippen molar-refractivity contribution in [2.24, 2.45) is 5.92 Å². The SMILES string of the molecule is C1=CCCC(CN2CCC(CCNc3ccc(-c4ccccc4)nn3)CC2)=C1. The van der Waals surface area contributed by atoms with Crippen molar-refractivity contribution in [1.29, 1.82) is 0 Å². The summed E-state index contributed by atoms with van der Waals surface area (Å²) < 4.78 is 0. The lowest BCUT2D eigenvalue weighted by molar-refractivity contribution is 0.192. The molecule has 28 heavy (non-hydrogen) atoms. The number of allylic oxidation sites excluding steroid dienone is 3. The summed E-state index contributed by atoms with van der Waals surface area (Å²) in [6, 6.07) is 14.3. The molecule has 0 amide bonds. The van der Waals surface area contributed by atoms with Crippen LogP contribution in [-0.4, -0.2) is 41.3 Å². The molecule has 4 heteroatoms. The monoisotopic (exact) mass is 374 g/mol. The van der Waals surface area contributed by atoms with Crippen LogP contribution in [-0.2, 0) is 0 Å². The van der Waals surface area contributed by atoms with E-state index < -0.39 is 0 Å². The molecule has 1 aliphatic carbocycles. The lowest BCUT2D eigenvalue weighted by Crippen LogP contribution is -2.35. The normalized spacial score (nSPS) is 18.1. The number of benzene rings is 1. The Bertz CT molecular complexity index is 787. The third-order valence-corrected chi connectivity index (χ3v) is 5.83. The molecule has 0 radical (unpaired) electrons. The molecular weight excluding hydrogens is 344 g/mol. The fraction of sp³-hybridized carbons (Fsp3) is 0.417. The second-order valence-electron chi connectivity index (χ2n) is 7.90.